The van der Waals surface area contributed by atoms with Gasteiger partial charge in [-0.2, -0.15) is 0 Å². The van der Waals surface area contributed by atoms with Crippen LogP contribution >= 0.6 is 11.6 Å². The van der Waals surface area contributed by atoms with Crippen LogP contribution in [0.15, 0.2) is 24.4 Å². The van der Waals surface area contributed by atoms with Gasteiger partial charge in [-0.25, -0.2) is 4.68 Å². The summed E-state index contributed by atoms with van der Waals surface area (Å²) in [5.41, 5.74) is 3.43. The molecule has 26 heavy (non-hydrogen) atoms. The zero-order valence-electron chi connectivity index (χ0n) is 15.3. The van der Waals surface area contributed by atoms with Crippen molar-refractivity contribution >= 4 is 11.6 Å². The van der Waals surface area contributed by atoms with Crippen LogP contribution < -0.4 is 0 Å². The van der Waals surface area contributed by atoms with E-state index in [0.29, 0.717) is 12.8 Å². The van der Waals surface area contributed by atoms with E-state index in [2.05, 4.69) is 34.3 Å². The number of ether oxygens (including phenoxy) is 2. The lowest BCUT2D eigenvalue weighted by Crippen LogP contribution is -2.50. The number of piperidine rings is 1. The largest absolute Gasteiger partial charge is 0.370 e. The van der Waals surface area contributed by atoms with E-state index in [1.54, 1.807) is 11.8 Å². The second-order valence-corrected chi connectivity index (χ2v) is 7.77. The van der Waals surface area contributed by atoms with E-state index >= 15 is 0 Å². The third-order valence-electron chi connectivity index (χ3n) is 5.58. The molecule has 4 rings (SSSR count). The Bertz CT molecular complexity index is 781. The monoisotopic (exact) mass is 376 g/mol. The molecule has 1 spiro atoms. The van der Waals surface area contributed by atoms with Gasteiger partial charge < -0.3 is 9.47 Å². The molecular formula is C19H25ClN4O2. The highest BCUT2D eigenvalue weighted by Gasteiger charge is 2.43. The Kier molecular flexibility index (Phi) is 5.01. The first-order chi connectivity index (χ1) is 12.6. The Labute approximate surface area is 159 Å². The molecule has 2 aliphatic rings. The van der Waals surface area contributed by atoms with Crippen LogP contribution in [-0.2, 0) is 34.8 Å². The molecule has 1 aromatic heterocycles. The fourth-order valence-corrected chi connectivity index (χ4v) is 4.48. The molecule has 1 aromatic carbocycles. The molecule has 0 radical (unpaired) electrons. The lowest BCUT2D eigenvalue weighted by atomic mass is 9.77. The van der Waals surface area contributed by atoms with Crippen LogP contribution in [-0.4, -0.2) is 46.2 Å². The molecule has 2 aliphatic heterocycles. The Balaban J connectivity index is 1.49. The van der Waals surface area contributed by atoms with Crippen LogP contribution in [0.4, 0.5) is 0 Å². The Morgan fingerprint density at radius 3 is 3.12 bits per heavy atom. The molecule has 2 atom stereocenters. The molecule has 0 aliphatic carbocycles. The van der Waals surface area contributed by atoms with Gasteiger partial charge in [0.15, 0.2) is 0 Å². The predicted octanol–water partition coefficient (Wildman–Crippen LogP) is 2.99. The second-order valence-electron chi connectivity index (χ2n) is 7.33. The number of fused-ring (bicyclic) bond motifs is 2. The van der Waals surface area contributed by atoms with Crippen molar-refractivity contribution in [3.8, 4) is 0 Å². The molecule has 0 amide bonds. The summed E-state index contributed by atoms with van der Waals surface area (Å²) in [6, 6.07) is 6.64. The third kappa shape index (κ3) is 3.39. The number of hydrogen-bond acceptors (Lipinski definition) is 5. The van der Waals surface area contributed by atoms with Crippen molar-refractivity contribution in [2.45, 2.75) is 51.1 Å². The van der Waals surface area contributed by atoms with Crippen molar-refractivity contribution in [1.29, 1.82) is 0 Å². The summed E-state index contributed by atoms with van der Waals surface area (Å²) in [5.74, 6) is 0. The van der Waals surface area contributed by atoms with Gasteiger partial charge in [-0.1, -0.05) is 22.9 Å². The molecule has 6 nitrogen and oxygen atoms in total. The van der Waals surface area contributed by atoms with E-state index in [1.807, 2.05) is 12.3 Å². The highest BCUT2D eigenvalue weighted by Crippen LogP contribution is 2.44. The Morgan fingerprint density at radius 2 is 2.31 bits per heavy atom. The summed E-state index contributed by atoms with van der Waals surface area (Å²) < 4.78 is 13.2. The molecule has 0 unspecified atom stereocenters. The van der Waals surface area contributed by atoms with Gasteiger partial charge >= 0.3 is 0 Å². The lowest BCUT2D eigenvalue weighted by molar-refractivity contribution is -0.113. The van der Waals surface area contributed by atoms with Crippen molar-refractivity contribution < 1.29 is 9.47 Å². The maximum absolute atomic E-state index is 6.36. The first kappa shape index (κ1) is 17.9. The average molecular weight is 377 g/mol. The zero-order valence-corrected chi connectivity index (χ0v) is 16.1. The topological polar surface area (TPSA) is 52.4 Å². The van der Waals surface area contributed by atoms with E-state index < -0.39 is 0 Å². The third-order valence-corrected chi connectivity index (χ3v) is 5.81. The van der Waals surface area contributed by atoms with Gasteiger partial charge in [0.05, 0.1) is 24.1 Å². The molecule has 0 saturated carbocycles. The number of hydrogen-bond donors (Lipinski definition) is 0. The molecule has 1 saturated heterocycles. The van der Waals surface area contributed by atoms with Crippen LogP contribution in [0.5, 0.6) is 0 Å². The Morgan fingerprint density at radius 1 is 1.42 bits per heavy atom. The molecule has 1 fully saturated rings. The van der Waals surface area contributed by atoms with E-state index in [1.165, 1.54) is 11.1 Å². The minimum Gasteiger partial charge on any atom is -0.370 e. The lowest BCUT2D eigenvalue weighted by Gasteiger charge is -2.48. The summed E-state index contributed by atoms with van der Waals surface area (Å²) >= 11 is 6.29. The maximum Gasteiger partial charge on any atom is 0.140 e. The number of nitrogens with zero attached hydrogens (tertiary/aromatic N) is 4. The highest BCUT2D eigenvalue weighted by molar-refractivity contribution is 6.30. The number of aromatic nitrogens is 3. The minimum absolute atomic E-state index is 0.206. The molecule has 140 valence electrons. The first-order valence-electron chi connectivity index (χ1n) is 9.14. The molecule has 7 heteroatoms. The van der Waals surface area contributed by atoms with E-state index in [9.17, 15) is 0 Å². The van der Waals surface area contributed by atoms with Crippen LogP contribution in [0, 0.1) is 0 Å². The number of likely N-dealkylation sites (tertiary alicyclic amines) is 1. The van der Waals surface area contributed by atoms with E-state index in [-0.39, 0.29) is 5.60 Å². The molecular weight excluding hydrogens is 352 g/mol. The zero-order chi connectivity index (χ0) is 18.1. The highest BCUT2D eigenvalue weighted by atomic mass is 35.5. The van der Waals surface area contributed by atoms with Crippen LogP contribution in [0.2, 0.25) is 5.02 Å². The number of benzene rings is 1. The van der Waals surface area contributed by atoms with Crippen molar-refractivity contribution in [3.63, 3.8) is 0 Å². The first-order valence-corrected chi connectivity index (χ1v) is 9.52. The van der Waals surface area contributed by atoms with Gasteiger partial charge in [0.1, 0.15) is 6.73 Å². The molecule has 0 N–H and O–H groups in total. The van der Waals surface area contributed by atoms with Crippen molar-refractivity contribution in [2.75, 3.05) is 20.3 Å². The quantitative estimate of drug-likeness (QED) is 0.821. The van der Waals surface area contributed by atoms with Gasteiger partial charge in [0.2, 0.25) is 0 Å². The summed E-state index contributed by atoms with van der Waals surface area (Å²) in [6.07, 6.45) is 4.85. The number of halogens is 1. The summed E-state index contributed by atoms with van der Waals surface area (Å²) in [7, 11) is 1.65. The maximum atomic E-state index is 6.36. The number of methoxy groups -OCH3 is 1. The SMILES string of the molecule is COCn1cc(CN2CC[C@]3(C[C@@H]2C)OCCc2ccc(Cl)cc23)nn1. The van der Waals surface area contributed by atoms with Crippen LogP contribution in [0.1, 0.15) is 36.6 Å². The second kappa shape index (κ2) is 7.27. The molecule has 0 bridgehead atoms. The van der Waals surface area contributed by atoms with Crippen LogP contribution in [0.25, 0.3) is 0 Å². The van der Waals surface area contributed by atoms with Gasteiger partial charge in [0, 0.05) is 31.3 Å². The minimum atomic E-state index is -0.206. The number of rotatable bonds is 4. The fourth-order valence-electron chi connectivity index (χ4n) is 4.30. The normalized spacial score (nSPS) is 26.2. The van der Waals surface area contributed by atoms with E-state index in [0.717, 1.165) is 49.7 Å². The fraction of sp³-hybridized carbons (Fsp3) is 0.579. The predicted molar refractivity (Wildman–Crippen MR) is 98.9 cm³/mol. The van der Waals surface area contributed by atoms with E-state index in [4.69, 9.17) is 21.1 Å². The van der Waals surface area contributed by atoms with Crippen molar-refractivity contribution in [1.82, 2.24) is 19.9 Å². The Hall–Kier alpha value is -1.47. The standard InChI is InChI=1S/C19H25ClN4O2/c1-14-10-19(18-9-16(20)4-3-15(18)5-8-26-19)6-7-23(14)11-17-12-24(13-25-2)22-21-17/h3-4,9,12,14H,5-8,10-11,13H2,1-2H3/t14-,19+/m0/s1. The summed E-state index contributed by atoms with van der Waals surface area (Å²) in [6.45, 7) is 5.24. The molecule has 2 aromatic rings. The average Bonchev–Trinajstić information content (AvgIpc) is 3.06. The smallest absolute Gasteiger partial charge is 0.140 e. The van der Waals surface area contributed by atoms with Crippen molar-refractivity contribution in [3.05, 3.63) is 46.2 Å². The van der Waals surface area contributed by atoms with Gasteiger partial charge in [0.25, 0.3) is 0 Å². The summed E-state index contributed by atoms with van der Waals surface area (Å²) in [4.78, 5) is 2.45. The van der Waals surface area contributed by atoms with Gasteiger partial charge in [-0.15, -0.1) is 5.10 Å². The van der Waals surface area contributed by atoms with Crippen molar-refractivity contribution in [2.24, 2.45) is 0 Å². The summed E-state index contributed by atoms with van der Waals surface area (Å²) in [5, 5.41) is 9.14. The molecule has 3 heterocycles. The van der Waals surface area contributed by atoms with Gasteiger partial charge in [-0.05, 0) is 49.4 Å². The van der Waals surface area contributed by atoms with Gasteiger partial charge in [-0.3, -0.25) is 4.90 Å². The van der Waals surface area contributed by atoms with Crippen LogP contribution in [0.3, 0.4) is 0 Å².